The van der Waals surface area contributed by atoms with Gasteiger partial charge in [0, 0.05) is 23.4 Å². The number of para-hydroxylation sites is 1. The van der Waals surface area contributed by atoms with Crippen LogP contribution in [0.25, 0.3) is 0 Å². The predicted molar refractivity (Wildman–Crippen MR) is 90.6 cm³/mol. The van der Waals surface area contributed by atoms with E-state index in [1.54, 1.807) is 6.07 Å². The first-order valence-electron chi connectivity index (χ1n) is 7.59. The molecule has 0 bridgehead atoms. The minimum absolute atomic E-state index is 0.0762. The zero-order valence-electron chi connectivity index (χ0n) is 14.1. The highest BCUT2D eigenvalue weighted by Crippen LogP contribution is 2.31. The summed E-state index contributed by atoms with van der Waals surface area (Å²) in [7, 11) is 0. The number of rotatable bonds is 1. The van der Waals surface area contributed by atoms with Crippen molar-refractivity contribution in [2.45, 2.75) is 60.5 Å². The Morgan fingerprint density at radius 2 is 1.76 bits per heavy atom. The van der Waals surface area contributed by atoms with Crippen molar-refractivity contribution in [1.29, 1.82) is 0 Å². The number of nitro groups is 1. The van der Waals surface area contributed by atoms with E-state index in [2.05, 4.69) is 10.3 Å². The van der Waals surface area contributed by atoms with Crippen molar-refractivity contribution in [3.63, 3.8) is 0 Å². The van der Waals surface area contributed by atoms with Crippen LogP contribution in [0.1, 0.15) is 54.0 Å². The van der Waals surface area contributed by atoms with Gasteiger partial charge in [-0.15, -0.1) is 0 Å². The fraction of sp³-hybridized carbons (Fsp3) is 0.562. The topological polar surface area (TPSA) is 67.5 Å². The fourth-order valence-electron chi connectivity index (χ4n) is 1.98. The smallest absolute Gasteiger partial charge is 0.293 e. The monoisotopic (exact) mass is 293 g/mol. The number of nitrogens with one attached hydrogen (secondary N) is 1. The molecule has 1 aromatic carbocycles. The number of fused-ring (bicyclic) bond motifs is 1. The van der Waals surface area contributed by atoms with Gasteiger partial charge in [0.25, 0.3) is 5.69 Å². The van der Waals surface area contributed by atoms with Crippen molar-refractivity contribution >= 4 is 17.1 Å². The first-order chi connectivity index (χ1) is 10.0. The lowest BCUT2D eigenvalue weighted by molar-refractivity contribution is -0.384. The third kappa shape index (κ3) is 4.55. The van der Waals surface area contributed by atoms with E-state index in [1.807, 2.05) is 54.5 Å². The fourth-order valence-corrected chi connectivity index (χ4v) is 1.98. The first-order valence-corrected chi connectivity index (χ1v) is 7.59. The SMILES string of the molecule is CC.CC.CC1=NC(C)C(C)Nc2c1cccc2[N+](=O)[O-]. The predicted octanol–water partition coefficient (Wildman–Crippen LogP) is 4.66. The van der Waals surface area contributed by atoms with E-state index in [-0.39, 0.29) is 22.7 Å². The molecule has 5 nitrogen and oxygen atoms in total. The molecule has 0 amide bonds. The molecule has 0 aromatic heterocycles. The van der Waals surface area contributed by atoms with Gasteiger partial charge in [-0.3, -0.25) is 15.1 Å². The van der Waals surface area contributed by atoms with Crippen LogP contribution in [-0.2, 0) is 0 Å². The Labute approximate surface area is 127 Å². The van der Waals surface area contributed by atoms with E-state index >= 15 is 0 Å². The molecule has 1 aliphatic rings. The van der Waals surface area contributed by atoms with Crippen molar-refractivity contribution in [2.75, 3.05) is 5.32 Å². The largest absolute Gasteiger partial charge is 0.374 e. The first kappa shape index (κ1) is 19.1. The van der Waals surface area contributed by atoms with Crippen LogP contribution >= 0.6 is 0 Å². The molecule has 0 fully saturated rings. The summed E-state index contributed by atoms with van der Waals surface area (Å²) >= 11 is 0. The van der Waals surface area contributed by atoms with Gasteiger partial charge in [0.15, 0.2) is 0 Å². The molecule has 0 saturated heterocycles. The molecule has 1 aromatic rings. The maximum atomic E-state index is 11.0. The number of benzodiazepines with no additional fused rings is 1. The summed E-state index contributed by atoms with van der Waals surface area (Å²) in [5, 5.41) is 14.2. The van der Waals surface area contributed by atoms with Crippen molar-refractivity contribution in [1.82, 2.24) is 0 Å². The average molecular weight is 293 g/mol. The van der Waals surface area contributed by atoms with Gasteiger partial charge < -0.3 is 5.32 Å². The van der Waals surface area contributed by atoms with Crippen LogP contribution in [0.3, 0.4) is 0 Å². The average Bonchev–Trinajstić information content (AvgIpc) is 2.60. The van der Waals surface area contributed by atoms with Crippen LogP contribution in [0.4, 0.5) is 11.4 Å². The van der Waals surface area contributed by atoms with Gasteiger partial charge in [-0.25, -0.2) is 0 Å². The van der Waals surface area contributed by atoms with E-state index in [0.717, 1.165) is 11.3 Å². The summed E-state index contributed by atoms with van der Waals surface area (Å²) in [4.78, 5) is 15.2. The highest BCUT2D eigenvalue weighted by molar-refractivity contribution is 6.05. The highest BCUT2D eigenvalue weighted by atomic mass is 16.6. The van der Waals surface area contributed by atoms with Crippen LogP contribution in [0.5, 0.6) is 0 Å². The van der Waals surface area contributed by atoms with Gasteiger partial charge in [0.05, 0.1) is 11.0 Å². The third-order valence-electron chi connectivity index (χ3n) is 3.12. The number of hydrogen-bond acceptors (Lipinski definition) is 4. The molecule has 1 heterocycles. The van der Waals surface area contributed by atoms with Crippen molar-refractivity contribution in [3.05, 3.63) is 33.9 Å². The van der Waals surface area contributed by atoms with Crippen LogP contribution in [0.2, 0.25) is 0 Å². The second-order valence-corrected chi connectivity index (χ2v) is 4.34. The highest BCUT2D eigenvalue weighted by Gasteiger charge is 2.25. The number of hydrogen-bond donors (Lipinski definition) is 1. The minimum Gasteiger partial charge on any atom is -0.374 e. The number of anilines is 1. The molecule has 1 N–H and O–H groups in total. The molecule has 0 radical (unpaired) electrons. The van der Waals surface area contributed by atoms with Crippen LogP contribution in [0, 0.1) is 10.1 Å². The van der Waals surface area contributed by atoms with Gasteiger partial charge >= 0.3 is 0 Å². The summed E-state index contributed by atoms with van der Waals surface area (Å²) in [6, 6.07) is 5.24. The molecule has 5 heteroatoms. The Bertz CT molecular complexity index is 498. The van der Waals surface area contributed by atoms with Gasteiger partial charge in [0.1, 0.15) is 5.69 Å². The Hall–Kier alpha value is -1.91. The summed E-state index contributed by atoms with van der Waals surface area (Å²) in [5.74, 6) is 0. The van der Waals surface area contributed by atoms with E-state index in [4.69, 9.17) is 0 Å². The maximum absolute atomic E-state index is 11.0. The number of aliphatic imine (C=N–C) groups is 1. The molecular formula is C16H27N3O2. The Balaban J connectivity index is 0.000000921. The van der Waals surface area contributed by atoms with Gasteiger partial charge in [0.2, 0.25) is 0 Å². The molecule has 2 unspecified atom stereocenters. The van der Waals surface area contributed by atoms with Crippen molar-refractivity contribution in [3.8, 4) is 0 Å². The molecule has 0 saturated carbocycles. The number of benzene rings is 1. The van der Waals surface area contributed by atoms with Crippen LogP contribution in [0.15, 0.2) is 23.2 Å². The Kier molecular flexibility index (Phi) is 8.28. The Morgan fingerprint density at radius 1 is 1.19 bits per heavy atom. The molecule has 0 spiro atoms. The molecule has 2 rings (SSSR count). The van der Waals surface area contributed by atoms with E-state index in [9.17, 15) is 10.1 Å². The maximum Gasteiger partial charge on any atom is 0.293 e. The molecule has 118 valence electrons. The lowest BCUT2D eigenvalue weighted by Gasteiger charge is -2.16. The summed E-state index contributed by atoms with van der Waals surface area (Å²) in [5.41, 5.74) is 2.34. The van der Waals surface area contributed by atoms with E-state index < -0.39 is 0 Å². The number of nitro benzene ring substituents is 1. The second kappa shape index (κ2) is 9.10. The zero-order chi connectivity index (χ0) is 16.6. The minimum atomic E-state index is -0.359. The molecule has 2 atom stereocenters. The zero-order valence-corrected chi connectivity index (χ0v) is 14.1. The van der Waals surface area contributed by atoms with Gasteiger partial charge in [-0.1, -0.05) is 39.8 Å². The molecular weight excluding hydrogens is 266 g/mol. The van der Waals surface area contributed by atoms with E-state index in [1.165, 1.54) is 6.07 Å². The Morgan fingerprint density at radius 3 is 2.29 bits per heavy atom. The number of nitrogens with zero attached hydrogens (tertiary/aromatic N) is 2. The summed E-state index contributed by atoms with van der Waals surface area (Å²) < 4.78 is 0. The quantitative estimate of drug-likeness (QED) is 0.605. The molecule has 0 aliphatic carbocycles. The summed E-state index contributed by atoms with van der Waals surface area (Å²) in [6.07, 6.45) is 0. The normalized spacial score (nSPS) is 19.3. The van der Waals surface area contributed by atoms with Gasteiger partial charge in [-0.05, 0) is 20.8 Å². The lowest BCUT2D eigenvalue weighted by Crippen LogP contribution is -2.26. The summed E-state index contributed by atoms with van der Waals surface area (Å²) in [6.45, 7) is 13.9. The van der Waals surface area contributed by atoms with Crippen molar-refractivity contribution < 1.29 is 4.92 Å². The molecule has 21 heavy (non-hydrogen) atoms. The van der Waals surface area contributed by atoms with Crippen molar-refractivity contribution in [2.24, 2.45) is 4.99 Å². The van der Waals surface area contributed by atoms with Crippen LogP contribution < -0.4 is 5.32 Å². The van der Waals surface area contributed by atoms with E-state index in [0.29, 0.717) is 5.69 Å². The molecule has 1 aliphatic heterocycles. The lowest BCUT2D eigenvalue weighted by atomic mass is 10.1. The second-order valence-electron chi connectivity index (χ2n) is 4.34. The third-order valence-corrected chi connectivity index (χ3v) is 3.12. The van der Waals surface area contributed by atoms with Gasteiger partial charge in [-0.2, -0.15) is 0 Å². The standard InChI is InChI=1S/C12H15N3O2.2C2H6/c1-7-8(2)14-12-10(9(3)13-7)5-4-6-11(12)15(16)17;2*1-2/h4-8,14H,1-3H3;2*1-2H3. The van der Waals surface area contributed by atoms with Crippen LogP contribution in [-0.4, -0.2) is 22.7 Å².